The first-order valence-corrected chi connectivity index (χ1v) is 7.95. The Kier molecular flexibility index (Phi) is 5.22. The van der Waals surface area contributed by atoms with E-state index in [0.717, 1.165) is 21.2 Å². The molecule has 1 atom stereocenters. The summed E-state index contributed by atoms with van der Waals surface area (Å²) in [7, 11) is 0. The summed E-state index contributed by atoms with van der Waals surface area (Å²) in [4.78, 5) is 0. The summed E-state index contributed by atoms with van der Waals surface area (Å²) in [6, 6.07) is 5.98. The van der Waals surface area contributed by atoms with E-state index in [1.165, 1.54) is 23.1 Å². The van der Waals surface area contributed by atoms with Crippen LogP contribution in [0.2, 0.25) is 0 Å². The van der Waals surface area contributed by atoms with Crippen LogP contribution in [0.5, 0.6) is 5.75 Å². The molecule has 5 nitrogen and oxygen atoms in total. The van der Waals surface area contributed by atoms with Gasteiger partial charge in [0.2, 0.25) is 5.13 Å². The van der Waals surface area contributed by atoms with Crippen molar-refractivity contribution in [3.05, 3.63) is 29.3 Å². The first kappa shape index (κ1) is 15.1. The van der Waals surface area contributed by atoms with Gasteiger partial charge in [0.1, 0.15) is 12.4 Å². The molecule has 20 heavy (non-hydrogen) atoms. The van der Waals surface area contributed by atoms with Gasteiger partial charge in [0.25, 0.3) is 0 Å². The fourth-order valence-corrected chi connectivity index (χ4v) is 3.27. The minimum Gasteiger partial charge on any atom is -0.490 e. The van der Waals surface area contributed by atoms with Crippen LogP contribution in [0, 0.1) is 13.8 Å². The van der Waals surface area contributed by atoms with Gasteiger partial charge >= 0.3 is 0 Å². The molecule has 0 amide bonds. The number of para-hydroxylation sites is 1. The van der Waals surface area contributed by atoms with Crippen molar-refractivity contribution in [2.45, 2.75) is 24.3 Å². The second-order valence-corrected chi connectivity index (χ2v) is 6.68. The lowest BCUT2D eigenvalue weighted by molar-refractivity contribution is 0.125. The summed E-state index contributed by atoms with van der Waals surface area (Å²) in [6.45, 7) is 4.24. The van der Waals surface area contributed by atoms with Gasteiger partial charge in [0, 0.05) is 5.75 Å². The number of aliphatic hydroxyl groups is 1. The van der Waals surface area contributed by atoms with Gasteiger partial charge in [0.05, 0.1) is 6.10 Å². The van der Waals surface area contributed by atoms with E-state index in [2.05, 4.69) is 10.2 Å². The zero-order valence-corrected chi connectivity index (χ0v) is 13.0. The van der Waals surface area contributed by atoms with Crippen molar-refractivity contribution in [3.8, 4) is 5.75 Å². The topological polar surface area (TPSA) is 81.3 Å². The van der Waals surface area contributed by atoms with E-state index in [-0.39, 0.29) is 6.61 Å². The maximum Gasteiger partial charge on any atom is 0.203 e. The third kappa shape index (κ3) is 4.09. The molecule has 0 spiro atoms. The van der Waals surface area contributed by atoms with E-state index in [1.807, 2.05) is 32.0 Å². The van der Waals surface area contributed by atoms with Crippen molar-refractivity contribution in [2.24, 2.45) is 0 Å². The Morgan fingerprint density at radius 3 is 2.65 bits per heavy atom. The standard InChI is InChI=1S/C13H17N3O2S2/c1-8-4-3-5-9(2)11(8)18-6-10(17)7-19-13-16-15-12(14)20-13/h3-5,10,17H,6-7H2,1-2H3,(H2,14,15)/t10-/m0/s1. The monoisotopic (exact) mass is 311 g/mol. The van der Waals surface area contributed by atoms with Crippen LogP contribution in [0.3, 0.4) is 0 Å². The highest BCUT2D eigenvalue weighted by atomic mass is 32.2. The first-order valence-electron chi connectivity index (χ1n) is 6.15. The van der Waals surface area contributed by atoms with Crippen molar-refractivity contribution in [1.29, 1.82) is 0 Å². The van der Waals surface area contributed by atoms with Crippen LogP contribution in [-0.4, -0.2) is 33.8 Å². The van der Waals surface area contributed by atoms with Crippen molar-refractivity contribution >= 4 is 28.2 Å². The van der Waals surface area contributed by atoms with E-state index >= 15 is 0 Å². The molecule has 0 aliphatic carbocycles. The molecule has 0 saturated heterocycles. The molecule has 0 saturated carbocycles. The maximum absolute atomic E-state index is 9.94. The smallest absolute Gasteiger partial charge is 0.203 e. The second kappa shape index (κ2) is 6.92. The normalized spacial score (nSPS) is 12.3. The molecule has 0 radical (unpaired) electrons. The molecular weight excluding hydrogens is 294 g/mol. The maximum atomic E-state index is 9.94. The number of nitrogens with zero attached hydrogens (tertiary/aromatic N) is 2. The van der Waals surface area contributed by atoms with Crippen LogP contribution in [-0.2, 0) is 0 Å². The highest BCUT2D eigenvalue weighted by molar-refractivity contribution is 8.01. The number of rotatable bonds is 6. The van der Waals surface area contributed by atoms with Gasteiger partial charge in [-0.3, -0.25) is 0 Å². The van der Waals surface area contributed by atoms with Gasteiger partial charge in [-0.15, -0.1) is 10.2 Å². The largest absolute Gasteiger partial charge is 0.490 e. The summed E-state index contributed by atoms with van der Waals surface area (Å²) in [6.07, 6.45) is -0.566. The predicted molar refractivity (Wildman–Crippen MR) is 82.5 cm³/mol. The summed E-state index contributed by atoms with van der Waals surface area (Å²) >= 11 is 2.74. The van der Waals surface area contributed by atoms with Crippen LogP contribution in [0.15, 0.2) is 22.5 Å². The van der Waals surface area contributed by atoms with E-state index in [0.29, 0.717) is 10.9 Å². The number of aliphatic hydroxyl groups excluding tert-OH is 1. The molecule has 3 N–H and O–H groups in total. The van der Waals surface area contributed by atoms with Crippen LogP contribution in [0.25, 0.3) is 0 Å². The predicted octanol–water partition coefficient (Wildman–Crippen LogP) is 2.27. The fraction of sp³-hybridized carbons (Fsp3) is 0.385. The molecule has 2 aromatic rings. The van der Waals surface area contributed by atoms with E-state index in [1.54, 1.807) is 0 Å². The highest BCUT2D eigenvalue weighted by Crippen LogP contribution is 2.25. The van der Waals surface area contributed by atoms with Gasteiger partial charge < -0.3 is 15.6 Å². The Bertz CT molecular complexity index is 554. The number of nitrogen functional groups attached to an aromatic ring is 1. The van der Waals surface area contributed by atoms with Crippen LogP contribution in [0.1, 0.15) is 11.1 Å². The average molecular weight is 311 g/mol. The van der Waals surface area contributed by atoms with Crippen molar-refractivity contribution in [3.63, 3.8) is 0 Å². The van der Waals surface area contributed by atoms with Gasteiger partial charge in [-0.1, -0.05) is 41.3 Å². The Hall–Kier alpha value is -1.31. The Morgan fingerprint density at radius 1 is 1.35 bits per heavy atom. The fourth-order valence-electron chi connectivity index (χ4n) is 1.70. The zero-order valence-electron chi connectivity index (χ0n) is 11.4. The number of nitrogens with two attached hydrogens (primary N) is 1. The summed E-state index contributed by atoms with van der Waals surface area (Å²) in [5.74, 6) is 1.34. The van der Waals surface area contributed by atoms with E-state index in [4.69, 9.17) is 10.5 Å². The number of benzene rings is 1. The third-order valence-electron chi connectivity index (χ3n) is 2.65. The molecular formula is C13H17N3O2S2. The minimum atomic E-state index is -0.566. The molecule has 0 unspecified atom stereocenters. The second-order valence-electron chi connectivity index (χ2n) is 4.40. The van der Waals surface area contributed by atoms with E-state index in [9.17, 15) is 5.11 Å². The SMILES string of the molecule is Cc1cccc(C)c1OC[C@H](O)CSc1nnc(N)s1. The number of aromatic nitrogens is 2. The van der Waals surface area contributed by atoms with E-state index < -0.39 is 6.10 Å². The number of hydrogen-bond acceptors (Lipinski definition) is 7. The Labute approximate surface area is 126 Å². The molecule has 7 heteroatoms. The van der Waals surface area contributed by atoms with Gasteiger partial charge in [-0.25, -0.2) is 0 Å². The van der Waals surface area contributed by atoms with Crippen molar-refractivity contribution in [1.82, 2.24) is 10.2 Å². The number of thioether (sulfide) groups is 1. The lowest BCUT2D eigenvalue weighted by Crippen LogP contribution is -2.20. The molecule has 0 bridgehead atoms. The molecule has 0 aliphatic heterocycles. The van der Waals surface area contributed by atoms with Crippen LogP contribution < -0.4 is 10.5 Å². The highest BCUT2D eigenvalue weighted by Gasteiger charge is 2.11. The summed E-state index contributed by atoms with van der Waals surface area (Å²) in [5, 5.41) is 18.0. The molecule has 1 aromatic heterocycles. The third-order valence-corrected chi connectivity index (χ3v) is 4.68. The summed E-state index contributed by atoms with van der Waals surface area (Å²) in [5.41, 5.74) is 7.64. The number of hydrogen-bond donors (Lipinski definition) is 2. The average Bonchev–Trinajstić information content (AvgIpc) is 2.82. The van der Waals surface area contributed by atoms with Crippen LogP contribution in [0.4, 0.5) is 5.13 Å². The van der Waals surface area contributed by atoms with Crippen molar-refractivity contribution in [2.75, 3.05) is 18.1 Å². The molecule has 108 valence electrons. The lowest BCUT2D eigenvalue weighted by Gasteiger charge is -2.14. The molecule has 1 aromatic carbocycles. The zero-order chi connectivity index (χ0) is 14.5. The van der Waals surface area contributed by atoms with Crippen molar-refractivity contribution < 1.29 is 9.84 Å². The van der Waals surface area contributed by atoms with Crippen LogP contribution >= 0.6 is 23.1 Å². The number of anilines is 1. The molecule has 0 fully saturated rings. The number of aryl methyl sites for hydroxylation is 2. The lowest BCUT2D eigenvalue weighted by atomic mass is 10.1. The quantitative estimate of drug-likeness (QED) is 0.797. The van der Waals surface area contributed by atoms with Gasteiger partial charge in [-0.2, -0.15) is 0 Å². The minimum absolute atomic E-state index is 0.257. The summed E-state index contributed by atoms with van der Waals surface area (Å²) < 4.78 is 6.46. The van der Waals surface area contributed by atoms with Gasteiger partial charge in [-0.05, 0) is 25.0 Å². The first-order chi connectivity index (χ1) is 9.56. The molecule has 1 heterocycles. The molecule has 2 rings (SSSR count). The molecule has 0 aliphatic rings. The Morgan fingerprint density at radius 2 is 2.05 bits per heavy atom. The Balaban J connectivity index is 1.81. The van der Waals surface area contributed by atoms with Gasteiger partial charge in [0.15, 0.2) is 4.34 Å². The number of ether oxygens (including phenoxy) is 1.